The lowest BCUT2D eigenvalue weighted by Gasteiger charge is -1.94. The first-order chi connectivity index (χ1) is 6.66. The minimum absolute atomic E-state index is 0.0852. The van der Waals surface area contributed by atoms with E-state index >= 15 is 0 Å². The van der Waals surface area contributed by atoms with Gasteiger partial charge in [0.25, 0.3) is 0 Å². The molecule has 0 aliphatic carbocycles. The van der Waals surface area contributed by atoms with Gasteiger partial charge in [-0.2, -0.15) is 5.10 Å². The van der Waals surface area contributed by atoms with E-state index in [1.807, 2.05) is 0 Å². The Labute approximate surface area is 83.9 Å². The second-order valence-electron chi connectivity index (χ2n) is 2.78. The Morgan fingerprint density at radius 1 is 1.57 bits per heavy atom. The predicted octanol–water partition coefficient (Wildman–Crippen LogP) is 1.01. The Morgan fingerprint density at radius 2 is 2.36 bits per heavy atom. The van der Waals surface area contributed by atoms with Gasteiger partial charge in [0.05, 0.1) is 23.8 Å². The first kappa shape index (κ1) is 8.96. The summed E-state index contributed by atoms with van der Waals surface area (Å²) < 4.78 is 1.46. The third-order valence-electron chi connectivity index (χ3n) is 1.74. The van der Waals surface area contributed by atoms with Gasteiger partial charge >= 0.3 is 5.97 Å². The van der Waals surface area contributed by atoms with Crippen LogP contribution in [0.2, 0.25) is 5.02 Å². The van der Waals surface area contributed by atoms with Crippen molar-refractivity contribution in [1.29, 1.82) is 0 Å². The van der Waals surface area contributed by atoms with Crippen LogP contribution in [0, 0.1) is 0 Å². The lowest BCUT2D eigenvalue weighted by atomic mass is 10.2. The summed E-state index contributed by atoms with van der Waals surface area (Å²) in [4.78, 5) is 14.5. The van der Waals surface area contributed by atoms with Gasteiger partial charge in [-0.3, -0.25) is 4.79 Å². The van der Waals surface area contributed by atoms with Crippen molar-refractivity contribution in [3.63, 3.8) is 0 Å². The SMILES string of the molecule is O=C(O)Cc1cnn2cc(Cl)cnc12. The fraction of sp³-hybridized carbons (Fsp3) is 0.125. The summed E-state index contributed by atoms with van der Waals surface area (Å²) in [6.07, 6.45) is 4.43. The van der Waals surface area contributed by atoms with Crippen molar-refractivity contribution in [3.8, 4) is 0 Å². The second kappa shape index (κ2) is 3.26. The van der Waals surface area contributed by atoms with Crippen molar-refractivity contribution in [2.45, 2.75) is 6.42 Å². The van der Waals surface area contributed by atoms with E-state index in [1.165, 1.54) is 16.9 Å². The van der Waals surface area contributed by atoms with E-state index in [0.29, 0.717) is 16.2 Å². The monoisotopic (exact) mass is 211 g/mol. The van der Waals surface area contributed by atoms with Crippen LogP contribution in [-0.4, -0.2) is 25.7 Å². The number of nitrogens with zero attached hydrogens (tertiary/aromatic N) is 3. The van der Waals surface area contributed by atoms with Crippen LogP contribution in [0.1, 0.15) is 5.56 Å². The van der Waals surface area contributed by atoms with Crippen molar-refractivity contribution >= 4 is 23.2 Å². The molecule has 0 fully saturated rings. The molecule has 14 heavy (non-hydrogen) atoms. The van der Waals surface area contributed by atoms with Gasteiger partial charge in [0.2, 0.25) is 0 Å². The molecule has 2 aromatic heterocycles. The number of aromatic nitrogens is 3. The number of hydrogen-bond donors (Lipinski definition) is 1. The van der Waals surface area contributed by atoms with E-state index in [0.717, 1.165) is 0 Å². The van der Waals surface area contributed by atoms with E-state index < -0.39 is 5.97 Å². The molecule has 0 aliphatic heterocycles. The molecular formula is C8H6ClN3O2. The molecule has 2 heterocycles. The van der Waals surface area contributed by atoms with E-state index in [1.54, 1.807) is 6.20 Å². The van der Waals surface area contributed by atoms with Gasteiger partial charge in [-0.25, -0.2) is 9.50 Å². The number of carbonyl (C=O) groups is 1. The van der Waals surface area contributed by atoms with Crippen LogP contribution in [0.25, 0.3) is 5.65 Å². The van der Waals surface area contributed by atoms with Crippen molar-refractivity contribution in [2.75, 3.05) is 0 Å². The molecule has 2 rings (SSSR count). The van der Waals surface area contributed by atoms with Gasteiger partial charge < -0.3 is 5.11 Å². The summed E-state index contributed by atoms with van der Waals surface area (Å²) in [5.41, 5.74) is 1.10. The summed E-state index contributed by atoms with van der Waals surface area (Å²) in [5, 5.41) is 13.0. The lowest BCUT2D eigenvalue weighted by molar-refractivity contribution is -0.136. The Hall–Kier alpha value is -1.62. The predicted molar refractivity (Wildman–Crippen MR) is 49.3 cm³/mol. The summed E-state index contributed by atoms with van der Waals surface area (Å²) in [7, 11) is 0. The fourth-order valence-corrected chi connectivity index (χ4v) is 1.33. The average molecular weight is 212 g/mol. The number of halogens is 1. The van der Waals surface area contributed by atoms with Crippen LogP contribution in [0.15, 0.2) is 18.6 Å². The molecule has 0 bridgehead atoms. The Morgan fingerprint density at radius 3 is 3.07 bits per heavy atom. The maximum Gasteiger partial charge on any atom is 0.308 e. The second-order valence-corrected chi connectivity index (χ2v) is 3.22. The number of hydrogen-bond acceptors (Lipinski definition) is 3. The molecule has 5 nitrogen and oxygen atoms in total. The smallest absolute Gasteiger partial charge is 0.308 e. The van der Waals surface area contributed by atoms with E-state index in [4.69, 9.17) is 16.7 Å². The molecule has 0 saturated carbocycles. The summed E-state index contributed by atoms with van der Waals surface area (Å²) >= 11 is 5.69. The average Bonchev–Trinajstić information content (AvgIpc) is 2.47. The largest absolute Gasteiger partial charge is 0.481 e. The molecule has 0 aromatic carbocycles. The highest BCUT2D eigenvalue weighted by Gasteiger charge is 2.08. The van der Waals surface area contributed by atoms with Gasteiger partial charge in [-0.1, -0.05) is 11.6 Å². The van der Waals surface area contributed by atoms with Crippen LogP contribution in [-0.2, 0) is 11.2 Å². The molecule has 6 heteroatoms. The van der Waals surface area contributed by atoms with Crippen LogP contribution in [0.5, 0.6) is 0 Å². The Bertz CT molecular complexity index is 494. The third kappa shape index (κ3) is 1.54. The van der Waals surface area contributed by atoms with Gasteiger partial charge in [0.1, 0.15) is 0 Å². The molecule has 0 spiro atoms. The van der Waals surface area contributed by atoms with E-state index in [-0.39, 0.29) is 6.42 Å². The van der Waals surface area contributed by atoms with Crippen molar-refractivity contribution in [2.24, 2.45) is 0 Å². The number of aliphatic carboxylic acids is 1. The zero-order chi connectivity index (χ0) is 10.1. The van der Waals surface area contributed by atoms with E-state index in [2.05, 4.69) is 10.1 Å². The molecule has 0 aliphatic rings. The Kier molecular flexibility index (Phi) is 2.09. The quantitative estimate of drug-likeness (QED) is 0.805. The maximum absolute atomic E-state index is 10.5. The normalized spacial score (nSPS) is 10.6. The number of fused-ring (bicyclic) bond motifs is 1. The minimum Gasteiger partial charge on any atom is -0.481 e. The van der Waals surface area contributed by atoms with Gasteiger partial charge in [-0.15, -0.1) is 0 Å². The van der Waals surface area contributed by atoms with Crippen molar-refractivity contribution in [3.05, 3.63) is 29.2 Å². The first-order valence-electron chi connectivity index (χ1n) is 3.86. The van der Waals surface area contributed by atoms with Gasteiger partial charge in [0, 0.05) is 11.8 Å². The molecule has 0 amide bonds. The van der Waals surface area contributed by atoms with Gasteiger partial charge in [0.15, 0.2) is 5.65 Å². The molecule has 0 saturated heterocycles. The first-order valence-corrected chi connectivity index (χ1v) is 4.24. The van der Waals surface area contributed by atoms with Crippen LogP contribution >= 0.6 is 11.6 Å². The number of rotatable bonds is 2. The maximum atomic E-state index is 10.5. The zero-order valence-electron chi connectivity index (χ0n) is 7.01. The number of carboxylic acids is 1. The Balaban J connectivity index is 2.52. The van der Waals surface area contributed by atoms with Gasteiger partial charge in [-0.05, 0) is 0 Å². The molecular weight excluding hydrogens is 206 g/mol. The summed E-state index contributed by atoms with van der Waals surface area (Å²) in [5.74, 6) is -0.906. The topological polar surface area (TPSA) is 67.5 Å². The highest BCUT2D eigenvalue weighted by molar-refractivity contribution is 6.30. The third-order valence-corrected chi connectivity index (χ3v) is 1.93. The van der Waals surface area contributed by atoms with Crippen LogP contribution < -0.4 is 0 Å². The molecule has 72 valence electrons. The minimum atomic E-state index is -0.906. The lowest BCUT2D eigenvalue weighted by Crippen LogP contribution is -2.00. The number of carboxylic acid groups (broad SMARTS) is 1. The fourth-order valence-electron chi connectivity index (χ4n) is 1.19. The van der Waals surface area contributed by atoms with E-state index in [9.17, 15) is 4.79 Å². The molecule has 1 N–H and O–H groups in total. The highest BCUT2D eigenvalue weighted by Crippen LogP contribution is 2.11. The van der Waals surface area contributed by atoms with Crippen LogP contribution in [0.4, 0.5) is 0 Å². The molecule has 2 aromatic rings. The molecule has 0 atom stereocenters. The van der Waals surface area contributed by atoms with Crippen LogP contribution in [0.3, 0.4) is 0 Å². The molecule has 0 unspecified atom stereocenters. The molecule has 0 radical (unpaired) electrons. The van der Waals surface area contributed by atoms with Crippen molar-refractivity contribution < 1.29 is 9.90 Å². The summed E-state index contributed by atoms with van der Waals surface area (Å²) in [6, 6.07) is 0. The standard InChI is InChI=1S/C8H6ClN3O2/c9-6-3-10-8-5(1-7(13)14)2-11-12(8)4-6/h2-4H,1H2,(H,13,14). The van der Waals surface area contributed by atoms with Crippen molar-refractivity contribution in [1.82, 2.24) is 14.6 Å². The zero-order valence-corrected chi connectivity index (χ0v) is 7.77. The highest BCUT2D eigenvalue weighted by atomic mass is 35.5. The summed E-state index contributed by atoms with van der Waals surface area (Å²) in [6.45, 7) is 0.